The first-order valence-electron chi connectivity index (χ1n) is 7.37. The number of hydrogen-bond donors (Lipinski definition) is 2. The first kappa shape index (κ1) is 16.2. The fraction of sp³-hybridized carbons (Fsp3) is 0.375. The van der Waals surface area contributed by atoms with Gasteiger partial charge in [-0.05, 0) is 48.6 Å². The topological polar surface area (TPSA) is 79.5 Å². The van der Waals surface area contributed by atoms with Gasteiger partial charge in [-0.1, -0.05) is 12.1 Å². The highest BCUT2D eigenvalue weighted by Gasteiger charge is 2.47. The van der Waals surface area contributed by atoms with Gasteiger partial charge in [-0.3, -0.25) is 0 Å². The molecule has 1 aliphatic rings. The minimum Gasteiger partial charge on any atom is -0.466 e. The molecule has 124 valence electrons. The summed E-state index contributed by atoms with van der Waals surface area (Å²) in [5.41, 5.74) is -0.855. The van der Waals surface area contributed by atoms with E-state index in [0.29, 0.717) is 11.3 Å². The molecule has 0 bridgehead atoms. The molecule has 7 heteroatoms. The Morgan fingerprint density at radius 3 is 2.52 bits per heavy atom. The molecule has 2 aromatic rings. The number of rotatable bonds is 7. The SMILES string of the molecule is O=S(=O)(Cc1ccc(F)cc1)NC[C@@](O)(c1ccco1)C1CC1. The number of aliphatic hydroxyl groups is 1. The molecule has 1 aromatic carbocycles. The minimum atomic E-state index is -3.65. The maximum Gasteiger partial charge on any atom is 0.215 e. The van der Waals surface area contributed by atoms with Crippen LogP contribution < -0.4 is 4.72 Å². The van der Waals surface area contributed by atoms with E-state index in [1.165, 1.54) is 30.5 Å². The Hall–Kier alpha value is -1.70. The van der Waals surface area contributed by atoms with Crippen LogP contribution in [0.1, 0.15) is 24.2 Å². The zero-order chi connectivity index (χ0) is 16.5. The van der Waals surface area contributed by atoms with Gasteiger partial charge in [0.15, 0.2) is 0 Å². The zero-order valence-corrected chi connectivity index (χ0v) is 13.2. The molecule has 0 unspecified atom stereocenters. The molecule has 1 aliphatic carbocycles. The largest absolute Gasteiger partial charge is 0.466 e. The Balaban J connectivity index is 1.69. The molecule has 1 aromatic heterocycles. The van der Waals surface area contributed by atoms with E-state index in [-0.39, 0.29) is 18.2 Å². The maximum atomic E-state index is 12.9. The molecule has 0 spiro atoms. The molecule has 2 N–H and O–H groups in total. The van der Waals surface area contributed by atoms with E-state index in [4.69, 9.17) is 4.42 Å². The molecule has 23 heavy (non-hydrogen) atoms. The first-order chi connectivity index (χ1) is 10.9. The first-order valence-corrected chi connectivity index (χ1v) is 9.02. The van der Waals surface area contributed by atoms with E-state index in [1.54, 1.807) is 12.1 Å². The van der Waals surface area contributed by atoms with Crippen LogP contribution in [0.25, 0.3) is 0 Å². The minimum absolute atomic E-state index is 0.0119. The number of hydrogen-bond acceptors (Lipinski definition) is 4. The summed E-state index contributed by atoms with van der Waals surface area (Å²) in [4.78, 5) is 0. The van der Waals surface area contributed by atoms with Crippen molar-refractivity contribution < 1.29 is 22.3 Å². The smallest absolute Gasteiger partial charge is 0.215 e. The van der Waals surface area contributed by atoms with Crippen molar-refractivity contribution in [2.75, 3.05) is 6.54 Å². The molecular weight excluding hydrogens is 321 g/mol. The fourth-order valence-corrected chi connectivity index (χ4v) is 3.76. The summed E-state index contributed by atoms with van der Waals surface area (Å²) < 4.78 is 45.0. The third-order valence-corrected chi connectivity index (χ3v) is 5.33. The lowest BCUT2D eigenvalue weighted by Crippen LogP contribution is -2.42. The summed E-state index contributed by atoms with van der Waals surface area (Å²) >= 11 is 0. The lowest BCUT2D eigenvalue weighted by atomic mass is 9.95. The van der Waals surface area contributed by atoms with Crippen LogP contribution in [-0.4, -0.2) is 20.1 Å². The second kappa shape index (κ2) is 6.07. The highest BCUT2D eigenvalue weighted by atomic mass is 32.2. The number of nitrogens with one attached hydrogen (secondary N) is 1. The van der Waals surface area contributed by atoms with Gasteiger partial charge in [0.05, 0.1) is 12.0 Å². The van der Waals surface area contributed by atoms with Gasteiger partial charge >= 0.3 is 0 Å². The molecular formula is C16H18FNO4S. The van der Waals surface area contributed by atoms with Gasteiger partial charge in [0.2, 0.25) is 10.0 Å². The number of sulfonamides is 1. The maximum absolute atomic E-state index is 12.9. The summed E-state index contributed by atoms with van der Waals surface area (Å²) in [6, 6.07) is 8.59. The molecule has 0 aliphatic heterocycles. The summed E-state index contributed by atoms with van der Waals surface area (Å²) in [5, 5.41) is 10.8. The van der Waals surface area contributed by atoms with Crippen LogP contribution in [0.15, 0.2) is 47.1 Å². The van der Waals surface area contributed by atoms with Crippen molar-refractivity contribution in [1.29, 1.82) is 0 Å². The molecule has 0 saturated heterocycles. The molecule has 5 nitrogen and oxygen atoms in total. The molecule has 1 atom stereocenters. The Labute approximate surface area is 134 Å². The van der Waals surface area contributed by atoms with Gasteiger partial charge < -0.3 is 9.52 Å². The van der Waals surface area contributed by atoms with Crippen molar-refractivity contribution in [3.05, 3.63) is 59.8 Å². The summed E-state index contributed by atoms with van der Waals surface area (Å²) in [6.07, 6.45) is 3.11. The standard InChI is InChI=1S/C16H18FNO4S/c17-14-7-3-12(4-8-14)10-23(20,21)18-11-16(19,13-5-6-13)15-2-1-9-22-15/h1-4,7-9,13,18-19H,5-6,10-11H2/t16-/m0/s1. The van der Waals surface area contributed by atoms with Crippen LogP contribution >= 0.6 is 0 Å². The molecule has 0 amide bonds. The van der Waals surface area contributed by atoms with Crippen LogP contribution in [0.4, 0.5) is 4.39 Å². The average Bonchev–Trinajstić information content (AvgIpc) is 3.22. The molecule has 1 fully saturated rings. The summed E-state index contributed by atoms with van der Waals surface area (Å²) in [7, 11) is -3.65. The Bertz CT molecular complexity index is 754. The van der Waals surface area contributed by atoms with Crippen LogP contribution in [0.2, 0.25) is 0 Å². The van der Waals surface area contributed by atoms with Gasteiger partial charge in [0.1, 0.15) is 17.2 Å². The summed E-state index contributed by atoms with van der Waals surface area (Å²) in [6.45, 7) is -0.144. The Kier molecular flexibility index (Phi) is 4.27. The zero-order valence-electron chi connectivity index (χ0n) is 12.4. The van der Waals surface area contributed by atoms with Crippen molar-refractivity contribution in [2.24, 2.45) is 5.92 Å². The fourth-order valence-electron chi connectivity index (χ4n) is 2.59. The lowest BCUT2D eigenvalue weighted by molar-refractivity contribution is -0.00225. The van der Waals surface area contributed by atoms with E-state index < -0.39 is 21.4 Å². The second-order valence-corrected chi connectivity index (χ2v) is 7.69. The van der Waals surface area contributed by atoms with Crippen molar-refractivity contribution in [3.63, 3.8) is 0 Å². The highest BCUT2D eigenvalue weighted by molar-refractivity contribution is 7.88. The van der Waals surface area contributed by atoms with Crippen LogP contribution in [0, 0.1) is 11.7 Å². The van der Waals surface area contributed by atoms with Crippen LogP contribution in [0.3, 0.4) is 0 Å². The number of halogens is 1. The lowest BCUT2D eigenvalue weighted by Gasteiger charge is -2.26. The molecule has 1 saturated carbocycles. The van der Waals surface area contributed by atoms with E-state index in [1.807, 2.05) is 0 Å². The quantitative estimate of drug-likeness (QED) is 0.810. The summed E-state index contributed by atoms with van der Waals surface area (Å²) in [5.74, 6) is -0.335. The van der Waals surface area contributed by atoms with Gasteiger partial charge in [-0.15, -0.1) is 0 Å². The van der Waals surface area contributed by atoms with Crippen molar-refractivity contribution in [3.8, 4) is 0 Å². The third-order valence-electron chi connectivity index (χ3n) is 4.03. The molecule has 3 rings (SSSR count). The van der Waals surface area contributed by atoms with Gasteiger partial charge in [0.25, 0.3) is 0 Å². The van der Waals surface area contributed by atoms with E-state index in [2.05, 4.69) is 4.72 Å². The predicted octanol–water partition coefficient (Wildman–Crippen LogP) is 2.14. The van der Waals surface area contributed by atoms with Crippen molar-refractivity contribution in [1.82, 2.24) is 4.72 Å². The predicted molar refractivity (Wildman–Crippen MR) is 82.4 cm³/mol. The van der Waals surface area contributed by atoms with E-state index in [9.17, 15) is 17.9 Å². The average molecular weight is 339 g/mol. The van der Waals surface area contributed by atoms with E-state index in [0.717, 1.165) is 12.8 Å². The Morgan fingerprint density at radius 1 is 1.26 bits per heavy atom. The third kappa shape index (κ3) is 3.80. The van der Waals surface area contributed by atoms with Crippen molar-refractivity contribution in [2.45, 2.75) is 24.2 Å². The molecule has 0 radical (unpaired) electrons. The van der Waals surface area contributed by atoms with Gasteiger partial charge in [-0.25, -0.2) is 17.5 Å². The Morgan fingerprint density at radius 2 is 1.96 bits per heavy atom. The highest BCUT2D eigenvalue weighted by Crippen LogP contribution is 2.45. The van der Waals surface area contributed by atoms with Gasteiger partial charge in [0, 0.05) is 6.54 Å². The normalized spacial score (nSPS) is 17.8. The monoisotopic (exact) mass is 339 g/mol. The number of furan rings is 1. The number of benzene rings is 1. The second-order valence-electron chi connectivity index (χ2n) is 5.88. The molecule has 1 heterocycles. The van der Waals surface area contributed by atoms with Crippen molar-refractivity contribution >= 4 is 10.0 Å². The van der Waals surface area contributed by atoms with Crippen LogP contribution in [0.5, 0.6) is 0 Å². The van der Waals surface area contributed by atoms with Crippen LogP contribution in [-0.2, 0) is 21.4 Å². The van der Waals surface area contributed by atoms with Gasteiger partial charge in [-0.2, -0.15) is 0 Å². The van der Waals surface area contributed by atoms with E-state index >= 15 is 0 Å².